The molecule has 2 atom stereocenters. The maximum atomic E-state index is 5.88. The van der Waals surface area contributed by atoms with E-state index in [1.165, 1.54) is 17.6 Å². The van der Waals surface area contributed by atoms with Gasteiger partial charge >= 0.3 is 0 Å². The molecular weight excluding hydrogens is 208 g/mol. The number of allylic oxidation sites excluding steroid dienone is 2. The predicted octanol–water partition coefficient (Wildman–Crippen LogP) is 4.74. The molecular formula is C16H28O. The Morgan fingerprint density at radius 1 is 1.41 bits per heavy atom. The monoisotopic (exact) mass is 236 g/mol. The van der Waals surface area contributed by atoms with E-state index in [4.69, 9.17) is 4.74 Å². The Kier molecular flexibility index (Phi) is 5.00. The molecule has 98 valence electrons. The zero-order valence-corrected chi connectivity index (χ0v) is 12.2. The summed E-state index contributed by atoms with van der Waals surface area (Å²) in [5.41, 5.74) is 3.06. The molecule has 0 aliphatic carbocycles. The highest BCUT2D eigenvalue weighted by Crippen LogP contribution is 2.38. The molecule has 1 fully saturated rings. The minimum atomic E-state index is 0.302. The minimum Gasteiger partial charge on any atom is -0.377 e. The van der Waals surface area contributed by atoms with Crippen molar-refractivity contribution in [3.05, 3.63) is 23.8 Å². The molecule has 0 aromatic heterocycles. The lowest BCUT2D eigenvalue weighted by atomic mass is 9.75. The molecule has 0 N–H and O–H groups in total. The van der Waals surface area contributed by atoms with Crippen LogP contribution in [0.1, 0.15) is 53.9 Å². The van der Waals surface area contributed by atoms with Crippen molar-refractivity contribution in [1.29, 1.82) is 0 Å². The largest absolute Gasteiger partial charge is 0.377 e. The third-order valence-corrected chi connectivity index (χ3v) is 3.62. The zero-order valence-electron chi connectivity index (χ0n) is 12.2. The van der Waals surface area contributed by atoms with Crippen molar-refractivity contribution in [1.82, 2.24) is 0 Å². The first-order valence-electron chi connectivity index (χ1n) is 6.74. The van der Waals surface area contributed by atoms with Gasteiger partial charge in [0.25, 0.3) is 0 Å². The van der Waals surface area contributed by atoms with Gasteiger partial charge in [-0.25, -0.2) is 0 Å². The van der Waals surface area contributed by atoms with Crippen LogP contribution in [-0.2, 0) is 4.74 Å². The Hall–Kier alpha value is -0.560. The van der Waals surface area contributed by atoms with Crippen molar-refractivity contribution in [3.8, 4) is 0 Å². The van der Waals surface area contributed by atoms with E-state index in [0.29, 0.717) is 17.4 Å². The lowest BCUT2D eigenvalue weighted by Gasteiger charge is -2.40. The molecule has 1 nitrogen and oxygen atoms in total. The summed E-state index contributed by atoms with van der Waals surface area (Å²) in [5, 5.41) is 0. The van der Waals surface area contributed by atoms with Gasteiger partial charge in [-0.3, -0.25) is 0 Å². The Balaban J connectivity index is 2.52. The standard InChI is InChI=1S/C16H28O/c1-12(2)8-7-9-13(3)15-10-16(5,6)11-17-14(15)4/h8,14-15H,3,7,9-11H2,1-2,4-6H3/t14-,15+/m0/s1. The summed E-state index contributed by atoms with van der Waals surface area (Å²) in [6.07, 6.45) is 6.05. The van der Waals surface area contributed by atoms with Gasteiger partial charge in [0.1, 0.15) is 0 Å². The van der Waals surface area contributed by atoms with Crippen LogP contribution in [0.4, 0.5) is 0 Å². The molecule has 0 unspecified atom stereocenters. The third kappa shape index (κ3) is 4.67. The molecule has 1 aliphatic heterocycles. The molecule has 1 heteroatoms. The van der Waals surface area contributed by atoms with E-state index < -0.39 is 0 Å². The van der Waals surface area contributed by atoms with Crippen LogP contribution in [0.5, 0.6) is 0 Å². The van der Waals surface area contributed by atoms with Gasteiger partial charge in [0.2, 0.25) is 0 Å². The first kappa shape index (κ1) is 14.5. The van der Waals surface area contributed by atoms with Crippen molar-refractivity contribution in [3.63, 3.8) is 0 Å². The van der Waals surface area contributed by atoms with Crippen LogP contribution in [0.3, 0.4) is 0 Å². The second-order valence-electron chi connectivity index (χ2n) is 6.47. The van der Waals surface area contributed by atoms with Crippen LogP contribution in [0.25, 0.3) is 0 Å². The fourth-order valence-corrected chi connectivity index (χ4v) is 2.50. The van der Waals surface area contributed by atoms with Gasteiger partial charge in [-0.15, -0.1) is 0 Å². The normalized spacial score (nSPS) is 27.6. The summed E-state index contributed by atoms with van der Waals surface area (Å²) < 4.78 is 5.88. The van der Waals surface area contributed by atoms with Gasteiger partial charge in [0.15, 0.2) is 0 Å². The fourth-order valence-electron chi connectivity index (χ4n) is 2.50. The molecule has 0 aromatic rings. The Bertz CT molecular complexity index is 295. The maximum Gasteiger partial charge on any atom is 0.0612 e. The van der Waals surface area contributed by atoms with Gasteiger partial charge in [-0.05, 0) is 45.4 Å². The average Bonchev–Trinajstić information content (AvgIpc) is 2.21. The molecule has 1 saturated heterocycles. The van der Waals surface area contributed by atoms with E-state index in [0.717, 1.165) is 19.4 Å². The summed E-state index contributed by atoms with van der Waals surface area (Å²) in [7, 11) is 0. The van der Waals surface area contributed by atoms with E-state index in [9.17, 15) is 0 Å². The first-order valence-corrected chi connectivity index (χ1v) is 6.74. The Morgan fingerprint density at radius 3 is 2.65 bits per heavy atom. The van der Waals surface area contributed by atoms with Crippen molar-refractivity contribution < 1.29 is 4.74 Å². The SMILES string of the molecule is C=C(CCC=C(C)C)[C@H]1CC(C)(C)CO[C@H]1C. The summed E-state index contributed by atoms with van der Waals surface area (Å²) in [5.74, 6) is 0.532. The van der Waals surface area contributed by atoms with Crippen LogP contribution in [0.15, 0.2) is 23.8 Å². The summed E-state index contributed by atoms with van der Waals surface area (Å²) in [4.78, 5) is 0. The highest BCUT2D eigenvalue weighted by molar-refractivity contribution is 5.08. The van der Waals surface area contributed by atoms with Crippen molar-refractivity contribution in [2.45, 2.75) is 60.0 Å². The van der Waals surface area contributed by atoms with Crippen molar-refractivity contribution in [2.24, 2.45) is 11.3 Å². The fraction of sp³-hybridized carbons (Fsp3) is 0.750. The van der Waals surface area contributed by atoms with Crippen molar-refractivity contribution in [2.75, 3.05) is 6.61 Å². The lowest BCUT2D eigenvalue weighted by molar-refractivity contribution is -0.0672. The van der Waals surface area contributed by atoms with E-state index in [1.54, 1.807) is 0 Å². The van der Waals surface area contributed by atoms with Crippen LogP contribution < -0.4 is 0 Å². The molecule has 0 amide bonds. The number of rotatable bonds is 4. The maximum absolute atomic E-state index is 5.88. The highest BCUT2D eigenvalue weighted by atomic mass is 16.5. The van der Waals surface area contributed by atoms with Crippen LogP contribution in [0, 0.1) is 11.3 Å². The topological polar surface area (TPSA) is 9.23 Å². The zero-order chi connectivity index (χ0) is 13.1. The predicted molar refractivity (Wildman–Crippen MR) is 75.1 cm³/mol. The van der Waals surface area contributed by atoms with Crippen LogP contribution in [0.2, 0.25) is 0 Å². The summed E-state index contributed by atoms with van der Waals surface area (Å²) in [6, 6.07) is 0. The van der Waals surface area contributed by atoms with Gasteiger partial charge < -0.3 is 4.74 Å². The van der Waals surface area contributed by atoms with E-state index in [2.05, 4.69) is 47.3 Å². The average molecular weight is 236 g/mol. The number of ether oxygens (including phenoxy) is 1. The molecule has 1 rings (SSSR count). The van der Waals surface area contributed by atoms with Crippen LogP contribution in [-0.4, -0.2) is 12.7 Å². The molecule has 0 radical (unpaired) electrons. The van der Waals surface area contributed by atoms with Gasteiger partial charge in [0.05, 0.1) is 12.7 Å². The van der Waals surface area contributed by atoms with Gasteiger partial charge in [-0.2, -0.15) is 0 Å². The molecule has 1 heterocycles. The number of hydrogen-bond acceptors (Lipinski definition) is 1. The lowest BCUT2D eigenvalue weighted by Crippen LogP contribution is -2.38. The Morgan fingerprint density at radius 2 is 2.06 bits per heavy atom. The molecule has 0 bridgehead atoms. The van der Waals surface area contributed by atoms with Gasteiger partial charge in [-0.1, -0.05) is 37.6 Å². The molecule has 1 aliphatic rings. The minimum absolute atomic E-state index is 0.302. The van der Waals surface area contributed by atoms with E-state index in [-0.39, 0.29) is 0 Å². The molecule has 17 heavy (non-hydrogen) atoms. The molecule has 0 spiro atoms. The van der Waals surface area contributed by atoms with Crippen molar-refractivity contribution >= 4 is 0 Å². The molecule has 0 aromatic carbocycles. The smallest absolute Gasteiger partial charge is 0.0612 e. The van der Waals surface area contributed by atoms with Crippen LogP contribution >= 0.6 is 0 Å². The van der Waals surface area contributed by atoms with Gasteiger partial charge in [0, 0.05) is 5.92 Å². The van der Waals surface area contributed by atoms with E-state index in [1.807, 2.05) is 0 Å². The second kappa shape index (κ2) is 5.86. The first-order chi connectivity index (χ1) is 7.82. The summed E-state index contributed by atoms with van der Waals surface area (Å²) in [6.45, 7) is 16.2. The summed E-state index contributed by atoms with van der Waals surface area (Å²) >= 11 is 0. The van der Waals surface area contributed by atoms with E-state index >= 15 is 0 Å². The Labute approximate surface area is 107 Å². The quantitative estimate of drug-likeness (QED) is 0.641. The molecule has 0 saturated carbocycles. The number of hydrogen-bond donors (Lipinski definition) is 0. The highest BCUT2D eigenvalue weighted by Gasteiger charge is 2.34. The second-order valence-corrected chi connectivity index (χ2v) is 6.47. The third-order valence-electron chi connectivity index (χ3n) is 3.62.